The van der Waals surface area contributed by atoms with Crippen LogP contribution in [0.25, 0.3) is 0 Å². The van der Waals surface area contributed by atoms with Crippen molar-refractivity contribution in [3.8, 4) is 0 Å². The van der Waals surface area contributed by atoms with Crippen LogP contribution in [0.3, 0.4) is 0 Å². The predicted molar refractivity (Wildman–Crippen MR) is 67.1 cm³/mol. The lowest BCUT2D eigenvalue weighted by Crippen LogP contribution is -2.25. The molecule has 0 bridgehead atoms. The van der Waals surface area contributed by atoms with E-state index in [-0.39, 0.29) is 17.4 Å². The summed E-state index contributed by atoms with van der Waals surface area (Å²) in [7, 11) is 0. The van der Waals surface area contributed by atoms with Crippen LogP contribution in [0.2, 0.25) is 0 Å². The molecule has 0 aliphatic carbocycles. The van der Waals surface area contributed by atoms with Crippen LogP contribution >= 0.6 is 0 Å². The SMILES string of the molecule is CCCNCC(C)C(C)c1ccc(F)c(F)c1F. The normalized spacial score (nSPS) is 14.6. The molecule has 4 heteroatoms. The second-order valence-corrected chi connectivity index (χ2v) is 4.73. The third-order valence-electron chi connectivity index (χ3n) is 3.30. The Morgan fingerprint density at radius 1 is 1.11 bits per heavy atom. The summed E-state index contributed by atoms with van der Waals surface area (Å²) in [6, 6.07) is 2.31. The molecule has 0 spiro atoms. The molecule has 18 heavy (non-hydrogen) atoms. The van der Waals surface area contributed by atoms with E-state index in [2.05, 4.69) is 12.2 Å². The molecule has 0 amide bonds. The summed E-state index contributed by atoms with van der Waals surface area (Å²) >= 11 is 0. The minimum Gasteiger partial charge on any atom is -0.316 e. The fourth-order valence-electron chi connectivity index (χ4n) is 1.88. The summed E-state index contributed by atoms with van der Waals surface area (Å²) in [4.78, 5) is 0. The zero-order valence-electron chi connectivity index (χ0n) is 11.1. The number of hydrogen-bond donors (Lipinski definition) is 1. The Morgan fingerprint density at radius 2 is 1.78 bits per heavy atom. The molecule has 0 fully saturated rings. The highest BCUT2D eigenvalue weighted by Gasteiger charge is 2.21. The summed E-state index contributed by atoms with van der Waals surface area (Å²) in [5.41, 5.74) is 0.236. The van der Waals surface area contributed by atoms with Crippen LogP contribution in [0, 0.1) is 23.4 Å². The Hall–Kier alpha value is -1.03. The lowest BCUT2D eigenvalue weighted by molar-refractivity contribution is 0.406. The zero-order valence-corrected chi connectivity index (χ0v) is 11.1. The van der Waals surface area contributed by atoms with Crippen LogP contribution in [0.4, 0.5) is 13.2 Å². The summed E-state index contributed by atoms with van der Waals surface area (Å²) in [5.74, 6) is -3.60. The van der Waals surface area contributed by atoms with Crippen molar-refractivity contribution in [1.29, 1.82) is 0 Å². The molecule has 1 aromatic carbocycles. The lowest BCUT2D eigenvalue weighted by Gasteiger charge is -2.21. The molecule has 0 aliphatic heterocycles. The monoisotopic (exact) mass is 259 g/mol. The van der Waals surface area contributed by atoms with Gasteiger partial charge in [0.15, 0.2) is 17.5 Å². The highest BCUT2D eigenvalue weighted by Crippen LogP contribution is 2.28. The first-order valence-corrected chi connectivity index (χ1v) is 6.33. The van der Waals surface area contributed by atoms with E-state index in [9.17, 15) is 13.2 Å². The van der Waals surface area contributed by atoms with Gasteiger partial charge in [0.05, 0.1) is 0 Å². The van der Waals surface area contributed by atoms with Crippen molar-refractivity contribution in [3.05, 3.63) is 35.1 Å². The summed E-state index contributed by atoms with van der Waals surface area (Å²) < 4.78 is 39.6. The van der Waals surface area contributed by atoms with Gasteiger partial charge in [-0.3, -0.25) is 0 Å². The quantitative estimate of drug-likeness (QED) is 0.604. The van der Waals surface area contributed by atoms with E-state index in [1.54, 1.807) is 0 Å². The van der Waals surface area contributed by atoms with Crippen LogP contribution in [0.1, 0.15) is 38.7 Å². The van der Waals surface area contributed by atoms with Crippen LogP contribution in [-0.4, -0.2) is 13.1 Å². The molecule has 0 saturated carbocycles. The number of nitrogens with one attached hydrogen (secondary N) is 1. The summed E-state index contributed by atoms with van der Waals surface area (Å²) in [6.45, 7) is 7.49. The Bertz CT molecular complexity index is 393. The molecule has 1 rings (SSSR count). The maximum Gasteiger partial charge on any atom is 0.194 e. The van der Waals surface area contributed by atoms with E-state index in [0.29, 0.717) is 0 Å². The standard InChI is InChI=1S/C14H20F3N/c1-4-7-18-8-9(2)10(3)11-5-6-12(15)14(17)13(11)16/h5-6,9-10,18H,4,7-8H2,1-3H3. The first kappa shape index (κ1) is 15.0. The average molecular weight is 259 g/mol. The van der Waals surface area contributed by atoms with Gasteiger partial charge in [-0.05, 0) is 43.0 Å². The third kappa shape index (κ3) is 3.48. The van der Waals surface area contributed by atoms with E-state index in [1.807, 2.05) is 13.8 Å². The molecule has 0 aliphatic rings. The molecular formula is C14H20F3N. The zero-order chi connectivity index (χ0) is 13.7. The second kappa shape index (κ2) is 6.78. The molecule has 2 atom stereocenters. The summed E-state index contributed by atoms with van der Waals surface area (Å²) in [6.07, 6.45) is 1.03. The maximum absolute atomic E-state index is 13.6. The first-order chi connectivity index (χ1) is 8.49. The van der Waals surface area contributed by atoms with E-state index in [1.165, 1.54) is 6.07 Å². The van der Waals surface area contributed by atoms with Crippen molar-refractivity contribution in [2.45, 2.75) is 33.1 Å². The van der Waals surface area contributed by atoms with Crippen molar-refractivity contribution in [1.82, 2.24) is 5.32 Å². The Balaban J connectivity index is 2.77. The van der Waals surface area contributed by atoms with Gasteiger partial charge >= 0.3 is 0 Å². The number of halogens is 3. The number of benzene rings is 1. The van der Waals surface area contributed by atoms with Crippen molar-refractivity contribution >= 4 is 0 Å². The van der Waals surface area contributed by atoms with E-state index >= 15 is 0 Å². The minimum atomic E-state index is -1.38. The molecule has 1 N–H and O–H groups in total. The Labute approximate surface area is 106 Å². The van der Waals surface area contributed by atoms with E-state index in [4.69, 9.17) is 0 Å². The molecule has 0 saturated heterocycles. The van der Waals surface area contributed by atoms with Crippen LogP contribution in [-0.2, 0) is 0 Å². The summed E-state index contributed by atoms with van der Waals surface area (Å²) in [5, 5.41) is 3.24. The predicted octanol–water partition coefficient (Wildman–Crippen LogP) is 3.84. The minimum absolute atomic E-state index is 0.149. The molecule has 1 aromatic rings. The van der Waals surface area contributed by atoms with Gasteiger partial charge in [0, 0.05) is 0 Å². The van der Waals surface area contributed by atoms with Crippen LogP contribution < -0.4 is 5.32 Å². The van der Waals surface area contributed by atoms with Crippen LogP contribution in [0.15, 0.2) is 12.1 Å². The van der Waals surface area contributed by atoms with Crippen LogP contribution in [0.5, 0.6) is 0 Å². The lowest BCUT2D eigenvalue weighted by atomic mass is 9.88. The Morgan fingerprint density at radius 3 is 2.39 bits per heavy atom. The molecular weight excluding hydrogens is 239 g/mol. The van der Waals surface area contributed by atoms with Gasteiger partial charge in [-0.1, -0.05) is 26.8 Å². The molecule has 102 valence electrons. The molecule has 1 nitrogen and oxygen atoms in total. The van der Waals surface area contributed by atoms with Crippen molar-refractivity contribution in [2.24, 2.45) is 5.92 Å². The molecule has 2 unspecified atom stereocenters. The fourth-order valence-corrected chi connectivity index (χ4v) is 1.88. The largest absolute Gasteiger partial charge is 0.316 e. The second-order valence-electron chi connectivity index (χ2n) is 4.73. The van der Waals surface area contributed by atoms with Gasteiger partial charge in [-0.15, -0.1) is 0 Å². The van der Waals surface area contributed by atoms with Gasteiger partial charge in [-0.2, -0.15) is 0 Å². The highest BCUT2D eigenvalue weighted by molar-refractivity contribution is 5.24. The maximum atomic E-state index is 13.6. The van der Waals surface area contributed by atoms with Gasteiger partial charge in [-0.25, -0.2) is 13.2 Å². The molecule has 0 heterocycles. The smallest absolute Gasteiger partial charge is 0.194 e. The molecule has 0 aromatic heterocycles. The van der Waals surface area contributed by atoms with Gasteiger partial charge in [0.1, 0.15) is 0 Å². The molecule has 0 radical (unpaired) electrons. The fraction of sp³-hybridized carbons (Fsp3) is 0.571. The highest BCUT2D eigenvalue weighted by atomic mass is 19.2. The van der Waals surface area contributed by atoms with Crippen molar-refractivity contribution < 1.29 is 13.2 Å². The van der Waals surface area contributed by atoms with Gasteiger partial charge in [0.25, 0.3) is 0 Å². The van der Waals surface area contributed by atoms with E-state index in [0.717, 1.165) is 25.6 Å². The van der Waals surface area contributed by atoms with Crippen molar-refractivity contribution in [2.75, 3.05) is 13.1 Å². The number of hydrogen-bond acceptors (Lipinski definition) is 1. The third-order valence-corrected chi connectivity index (χ3v) is 3.30. The number of rotatable bonds is 6. The average Bonchev–Trinajstić information content (AvgIpc) is 2.35. The Kier molecular flexibility index (Phi) is 5.66. The first-order valence-electron chi connectivity index (χ1n) is 6.33. The topological polar surface area (TPSA) is 12.0 Å². The van der Waals surface area contributed by atoms with Gasteiger partial charge < -0.3 is 5.32 Å². The van der Waals surface area contributed by atoms with Gasteiger partial charge in [0.2, 0.25) is 0 Å². The van der Waals surface area contributed by atoms with Crippen molar-refractivity contribution in [3.63, 3.8) is 0 Å². The van der Waals surface area contributed by atoms with E-state index < -0.39 is 17.5 Å².